The van der Waals surface area contributed by atoms with E-state index in [4.69, 9.17) is 33.7 Å². The summed E-state index contributed by atoms with van der Waals surface area (Å²) in [5, 5.41) is 16.7. The Bertz CT molecular complexity index is 4020. The van der Waals surface area contributed by atoms with Crippen molar-refractivity contribution >= 4 is 83.2 Å². The van der Waals surface area contributed by atoms with Crippen LogP contribution in [0.15, 0.2) is 103 Å². The Kier molecular flexibility index (Phi) is 28.4. The lowest BCUT2D eigenvalue weighted by Crippen LogP contribution is -2.54. The number of esters is 2. The number of anilines is 1. The van der Waals surface area contributed by atoms with Crippen LogP contribution < -0.4 is 21.3 Å². The fraction of sp³-hybridized carbons (Fsp3) is 0.519. The zero-order chi connectivity index (χ0) is 77.6. The van der Waals surface area contributed by atoms with Gasteiger partial charge in [0, 0.05) is 69.2 Å². The largest absolute Gasteiger partial charge is 0.438 e. The molecule has 5 aromatic rings. The Morgan fingerprint density at radius 1 is 0.811 bits per heavy atom. The zero-order valence-electron chi connectivity index (χ0n) is 62.6. The maximum Gasteiger partial charge on any atom is 0.410 e. The molecule has 4 heterocycles. The van der Waals surface area contributed by atoms with Gasteiger partial charge in [-0.3, -0.25) is 61.7 Å². The van der Waals surface area contributed by atoms with Crippen LogP contribution >= 0.6 is 18.9 Å². The maximum absolute atomic E-state index is 16.3. The molecule has 4 aromatic carbocycles. The van der Waals surface area contributed by atoms with Crippen LogP contribution in [0.2, 0.25) is 0 Å². The number of amides is 5. The molecule has 8 rings (SSSR count). The van der Waals surface area contributed by atoms with Crippen molar-refractivity contribution in [2.45, 2.75) is 203 Å². The number of benzene rings is 4. The summed E-state index contributed by atoms with van der Waals surface area (Å²) in [6.07, 6.45) is 2.64. The number of aliphatic hydroxyl groups is 1. The molecule has 1 saturated heterocycles. The first kappa shape index (κ1) is 83.4. The maximum atomic E-state index is 16.3. The van der Waals surface area contributed by atoms with Crippen molar-refractivity contribution in [2.24, 2.45) is 33.8 Å². The highest BCUT2D eigenvalue weighted by atomic mass is 32.1. The van der Waals surface area contributed by atoms with Crippen LogP contribution in [-0.2, 0) is 114 Å². The second-order valence-corrected chi connectivity index (χ2v) is 33.7. The number of ketones is 2. The van der Waals surface area contributed by atoms with Crippen LogP contribution in [0.3, 0.4) is 0 Å². The molecule has 3 aliphatic rings. The molecule has 23 nitrogen and oxygen atoms in total. The van der Waals surface area contributed by atoms with Crippen molar-refractivity contribution in [2.75, 3.05) is 38.2 Å². The van der Waals surface area contributed by atoms with Crippen LogP contribution in [0.1, 0.15) is 172 Å². The van der Waals surface area contributed by atoms with Gasteiger partial charge in [0.15, 0.2) is 11.6 Å². The molecule has 1 fully saturated rings. The minimum absolute atomic E-state index is 0.0134. The quantitative estimate of drug-likeness (QED) is 0.00963. The molecular formula is C79H101F2N6O17PS. The highest BCUT2D eigenvalue weighted by Crippen LogP contribution is 2.67. The van der Waals surface area contributed by atoms with E-state index >= 15 is 8.78 Å². The number of hydrogen-bond acceptors (Lipinski definition) is 19. The van der Waals surface area contributed by atoms with Gasteiger partial charge in [0.25, 0.3) is 0 Å². The van der Waals surface area contributed by atoms with E-state index in [1.165, 1.54) is 69.6 Å². The van der Waals surface area contributed by atoms with Gasteiger partial charge in [0.2, 0.25) is 43.1 Å². The number of aliphatic hydroxyl groups excluding tert-OH is 1. The minimum atomic E-state index is -5.61. The topological polar surface area (TPSA) is 316 Å². The third-order valence-electron chi connectivity index (χ3n) is 19.2. The van der Waals surface area contributed by atoms with E-state index in [2.05, 4.69) is 15.6 Å². The van der Waals surface area contributed by atoms with Crippen LogP contribution in [-0.4, -0.2) is 132 Å². The van der Waals surface area contributed by atoms with E-state index in [9.17, 15) is 52.8 Å². The summed E-state index contributed by atoms with van der Waals surface area (Å²) in [7, 11) is -5.61. The van der Waals surface area contributed by atoms with Gasteiger partial charge in [-0.1, -0.05) is 112 Å². The number of nitrogens with zero attached hydrogens (tertiary/aromatic N) is 3. The molecule has 5 amide bonds. The van der Waals surface area contributed by atoms with E-state index in [0.29, 0.717) is 36.3 Å². The van der Waals surface area contributed by atoms with Gasteiger partial charge in [0.1, 0.15) is 18.7 Å². The van der Waals surface area contributed by atoms with E-state index in [-0.39, 0.29) is 88.8 Å². The molecule has 106 heavy (non-hydrogen) atoms. The van der Waals surface area contributed by atoms with Crippen molar-refractivity contribution in [3.8, 4) is 10.4 Å². The number of likely N-dealkylation sites (tertiary alicyclic amines) is 1. The second kappa shape index (κ2) is 36.1. The number of para-hydroxylation sites is 1. The number of β-amino-alcohol motifs (C(OH)–C–C–N with tert-alkyl or cyclic N) is 1. The number of unbranched alkanes of at least 4 members (excludes halogenated alkanes) is 1. The van der Waals surface area contributed by atoms with Crippen molar-refractivity contribution < 1.29 is 89.6 Å². The summed E-state index contributed by atoms with van der Waals surface area (Å²) in [6, 6.07) is 23.1. The molecule has 0 spiro atoms. The van der Waals surface area contributed by atoms with Gasteiger partial charge >= 0.3 is 25.2 Å². The van der Waals surface area contributed by atoms with Crippen molar-refractivity contribution in [3.63, 3.8) is 0 Å². The number of carbonyl (C=O) groups excluding carboxylic acids is 9. The lowest BCUT2D eigenvalue weighted by molar-refractivity contribution is -0.163. The predicted octanol–water partition coefficient (Wildman–Crippen LogP) is 12.0. The Morgan fingerprint density at radius 2 is 1.43 bits per heavy atom. The monoisotopic (exact) mass is 1510 g/mol. The Balaban J connectivity index is 0.803. The number of allylic oxidation sites excluding steroid dienone is 2. The number of thiazole rings is 1. The average Bonchev–Trinajstić information content (AvgIpc) is 1.56. The number of aryl methyl sites for hydroxylation is 3. The fourth-order valence-electron chi connectivity index (χ4n) is 12.8. The molecule has 0 aliphatic carbocycles. The number of primary amides is 1. The number of hydrogen-bond donors (Lipinski definition) is 4. The summed E-state index contributed by atoms with van der Waals surface area (Å²) >= 11 is 1.56. The molecule has 0 bridgehead atoms. The molecule has 1 aromatic heterocycles. The molecule has 0 radical (unpaired) electrons. The predicted molar refractivity (Wildman–Crippen MR) is 395 cm³/mol. The lowest BCUT2D eigenvalue weighted by atomic mass is 9.77. The average molecular weight is 1510 g/mol. The van der Waals surface area contributed by atoms with Crippen LogP contribution in [0.4, 0.5) is 14.5 Å². The number of alkyl halides is 2. The summed E-state index contributed by atoms with van der Waals surface area (Å²) in [5.74, 6) is -6.22. The molecule has 27 heteroatoms. The van der Waals surface area contributed by atoms with Crippen molar-refractivity contribution in [3.05, 3.63) is 147 Å². The molecular weight excluding hydrogens is 1410 g/mol. The standard InChI is InChI=1S/C79H101F2N6O17PS/c1-48(54-29-31-59(32-30-54)79(80,81)105(98,103-46-101-74(96)77(7,8)9)104-47-102-75(97)78(10,11)12)36-60(88)37-58-28-27-55-17-15-18-57-38-66(87(68(55)57)72(58)94)71(93)85-64(33-34-67(82)91)50(3)100-43-53-21-19-51(20-22-53)16-13-14-35-99-44-62(90)39-63(76(4,5)6)73(95)86-42-61(89)40-65(86)70(92)83-41-52-23-25-56(26-24-52)69-49(2)84-45-106-69/h15,17-26,29-32,36,45,50,58,61,63-66,89H,13-14,16,27-28,33-35,37-44,46-47H2,1-12H3,(H2,82,91)(H,83,92)(H,85,93)/b48-36+/t50-,58-,61+,63-,64+,65+,66+/m1/s1. The summed E-state index contributed by atoms with van der Waals surface area (Å²) < 4.78 is 78.6. The molecule has 5 N–H and O–H groups in total. The first-order valence-corrected chi connectivity index (χ1v) is 38.3. The SMILES string of the molecule is C/C(=C\C(=O)C[C@H]1CCc2cccc3c2N(C1=O)[C@H](C(=O)N[C@@H](CCC(N)=O)[C@@H](C)OCc1ccc(CCCCOCC(=O)C[C@H](C(=O)N2C[C@@H](O)C[C@H]2C(=O)NCc2ccc(-c4scnc4C)cc2)C(C)(C)C)cc1)C3)c1ccc(C(F)(F)P(=O)(OCOC(=O)C(C)(C)C)OCOC(=O)C(C)(C)C)cc1. The summed E-state index contributed by atoms with van der Waals surface area (Å²) in [4.78, 5) is 130. The lowest BCUT2D eigenvalue weighted by Gasteiger charge is -2.34. The van der Waals surface area contributed by atoms with Crippen LogP contribution in [0, 0.1) is 35.0 Å². The number of carbonyl (C=O) groups is 9. The number of nitrogens with two attached hydrogens (primary N) is 1. The van der Waals surface area contributed by atoms with Gasteiger partial charge in [-0.15, -0.1) is 11.3 Å². The highest BCUT2D eigenvalue weighted by Gasteiger charge is 2.56. The van der Waals surface area contributed by atoms with E-state index < -0.39 is 126 Å². The number of halogens is 2. The number of aromatic nitrogens is 1. The van der Waals surface area contributed by atoms with E-state index in [0.717, 1.165) is 68.9 Å². The smallest absolute Gasteiger partial charge is 0.410 e. The third-order valence-corrected chi connectivity index (χ3v) is 22.0. The fourth-order valence-corrected chi connectivity index (χ4v) is 14.9. The van der Waals surface area contributed by atoms with Crippen LogP contribution in [0.25, 0.3) is 16.0 Å². The first-order chi connectivity index (χ1) is 49.8. The molecule has 7 atom stereocenters. The Hall–Kier alpha value is -8.23. The highest BCUT2D eigenvalue weighted by molar-refractivity contribution is 7.54. The van der Waals surface area contributed by atoms with Gasteiger partial charge < -0.3 is 45.3 Å². The molecule has 0 saturated carbocycles. The van der Waals surface area contributed by atoms with E-state index in [1.807, 2.05) is 94.4 Å². The molecule has 3 aliphatic heterocycles. The van der Waals surface area contributed by atoms with Gasteiger partial charge in [0.05, 0.1) is 57.5 Å². The van der Waals surface area contributed by atoms with Gasteiger partial charge in [-0.2, -0.15) is 8.78 Å². The number of rotatable bonds is 35. The van der Waals surface area contributed by atoms with Crippen molar-refractivity contribution in [1.82, 2.24) is 20.5 Å². The first-order valence-electron chi connectivity index (χ1n) is 35.9. The third kappa shape index (κ3) is 22.0. The van der Waals surface area contributed by atoms with E-state index in [1.54, 1.807) is 30.7 Å². The Labute approximate surface area is 622 Å². The molecule has 574 valence electrons. The van der Waals surface area contributed by atoms with Crippen molar-refractivity contribution in [1.29, 1.82) is 0 Å². The zero-order valence-corrected chi connectivity index (χ0v) is 64.3. The second-order valence-electron chi connectivity index (χ2n) is 30.8. The number of Topliss-reactive ketones (excluding diaryl/α,β-unsaturated/α-hetero) is 1. The summed E-state index contributed by atoms with van der Waals surface area (Å²) in [5.41, 5.74) is 7.12. The summed E-state index contributed by atoms with van der Waals surface area (Å²) in [6.45, 7) is 18.2. The number of nitrogens with one attached hydrogen (secondary N) is 2. The number of ether oxygens (including phenoxy) is 4. The van der Waals surface area contributed by atoms with Gasteiger partial charge in [-0.25, -0.2) is 4.98 Å². The normalized spacial score (nSPS) is 18.0. The minimum Gasteiger partial charge on any atom is -0.438 e. The van der Waals surface area contributed by atoms with Crippen LogP contribution in [0.5, 0.6) is 0 Å². The Morgan fingerprint density at radius 3 is 2.04 bits per heavy atom. The molecule has 0 unspecified atom stereocenters. The van der Waals surface area contributed by atoms with Gasteiger partial charge in [-0.05, 0) is 157 Å².